The molecule has 3 atom stereocenters. The Kier molecular flexibility index (Phi) is 5.71. The van der Waals surface area contributed by atoms with E-state index < -0.39 is 6.10 Å². The molecule has 8 nitrogen and oxygen atoms in total. The molecule has 0 saturated heterocycles. The lowest BCUT2D eigenvalue weighted by atomic mass is 9.76. The summed E-state index contributed by atoms with van der Waals surface area (Å²) in [7, 11) is 4.54. The second kappa shape index (κ2) is 8.33. The molecule has 0 aromatic heterocycles. The fourth-order valence-electron chi connectivity index (χ4n) is 4.68. The predicted octanol–water partition coefficient (Wildman–Crippen LogP) is 4.25. The number of phenolic OH excluding ortho intramolecular Hbond substituents is 1. The summed E-state index contributed by atoms with van der Waals surface area (Å²) in [4.78, 5) is 12.1. The summed E-state index contributed by atoms with van der Waals surface area (Å²) < 4.78 is 34.3. The number of benzene rings is 2. The van der Waals surface area contributed by atoms with E-state index in [4.69, 9.17) is 28.4 Å². The molecule has 0 fully saturated rings. The largest absolute Gasteiger partial charge is 0.504 e. The van der Waals surface area contributed by atoms with Crippen LogP contribution >= 0.6 is 0 Å². The van der Waals surface area contributed by atoms with Gasteiger partial charge in [-0.1, -0.05) is 13.8 Å². The van der Waals surface area contributed by atoms with E-state index in [9.17, 15) is 9.90 Å². The quantitative estimate of drug-likeness (QED) is 0.700. The van der Waals surface area contributed by atoms with Gasteiger partial charge in [-0.05, 0) is 30.0 Å². The highest BCUT2D eigenvalue weighted by molar-refractivity contribution is 5.89. The Morgan fingerprint density at radius 2 is 1.69 bits per heavy atom. The lowest BCUT2D eigenvalue weighted by molar-refractivity contribution is -0.150. The number of carbonyl (C=O) groups excluding carboxylic acids is 1. The number of esters is 1. The minimum atomic E-state index is -0.557. The monoisotopic (exact) mass is 444 g/mol. The van der Waals surface area contributed by atoms with Gasteiger partial charge in [-0.3, -0.25) is 4.79 Å². The smallest absolute Gasteiger partial charge is 0.303 e. The highest BCUT2D eigenvalue weighted by Gasteiger charge is 2.39. The van der Waals surface area contributed by atoms with Crippen molar-refractivity contribution < 1.29 is 38.3 Å². The summed E-state index contributed by atoms with van der Waals surface area (Å²) in [5, 5.41) is 10.6. The maximum absolute atomic E-state index is 12.1. The van der Waals surface area contributed by atoms with Crippen molar-refractivity contribution in [1.29, 1.82) is 0 Å². The molecule has 4 rings (SSSR count). The van der Waals surface area contributed by atoms with Crippen LogP contribution in [0.1, 0.15) is 38.0 Å². The first-order valence-corrected chi connectivity index (χ1v) is 10.5. The van der Waals surface area contributed by atoms with E-state index in [0.29, 0.717) is 46.1 Å². The van der Waals surface area contributed by atoms with E-state index >= 15 is 0 Å². The van der Waals surface area contributed by atoms with Gasteiger partial charge in [0.25, 0.3) is 0 Å². The first-order chi connectivity index (χ1) is 15.3. The summed E-state index contributed by atoms with van der Waals surface area (Å²) in [6.45, 7) is 5.59. The molecule has 2 aliphatic rings. The summed E-state index contributed by atoms with van der Waals surface area (Å²) in [5.74, 6) is 1.69. The van der Waals surface area contributed by atoms with Crippen molar-refractivity contribution in [2.75, 3.05) is 28.1 Å². The van der Waals surface area contributed by atoms with Crippen molar-refractivity contribution in [3.8, 4) is 45.6 Å². The fourth-order valence-corrected chi connectivity index (χ4v) is 4.68. The van der Waals surface area contributed by atoms with Crippen molar-refractivity contribution >= 4 is 5.97 Å². The van der Waals surface area contributed by atoms with Crippen LogP contribution in [0, 0.1) is 11.8 Å². The van der Waals surface area contributed by atoms with E-state index in [0.717, 1.165) is 5.56 Å². The molecule has 8 heteroatoms. The molecule has 0 bridgehead atoms. The van der Waals surface area contributed by atoms with Crippen molar-refractivity contribution in [3.05, 3.63) is 23.3 Å². The second-order valence-corrected chi connectivity index (χ2v) is 8.17. The third-order valence-electron chi connectivity index (χ3n) is 6.33. The molecule has 1 aliphatic carbocycles. The van der Waals surface area contributed by atoms with Gasteiger partial charge < -0.3 is 33.5 Å². The molecule has 2 aromatic rings. The number of rotatable bonds is 4. The normalized spacial score (nSPS) is 21.0. The van der Waals surface area contributed by atoms with Gasteiger partial charge in [-0.15, -0.1) is 0 Å². The Morgan fingerprint density at radius 3 is 2.31 bits per heavy atom. The van der Waals surface area contributed by atoms with E-state index in [-0.39, 0.29) is 36.1 Å². The number of hydrogen-bond donors (Lipinski definition) is 1. The zero-order chi connectivity index (χ0) is 23.2. The number of ether oxygens (including phenoxy) is 6. The summed E-state index contributed by atoms with van der Waals surface area (Å²) in [5.41, 5.74) is 2.93. The summed E-state index contributed by atoms with van der Waals surface area (Å²) in [6.07, 6.45) is 0.0534. The SMILES string of the molecule is COc1c(O)cc2c(c1OC)-c1c(cc3c(c1OC)OCO3)C(OC(C)=O)C(C)C(C)C2. The molecule has 0 spiro atoms. The Labute approximate surface area is 186 Å². The number of fused-ring (bicyclic) bond motifs is 4. The van der Waals surface area contributed by atoms with Crippen LogP contribution in [0.4, 0.5) is 0 Å². The molecule has 0 saturated carbocycles. The fraction of sp³-hybridized carbons (Fsp3) is 0.458. The predicted molar refractivity (Wildman–Crippen MR) is 116 cm³/mol. The molecule has 2 aromatic carbocycles. The number of aromatic hydroxyl groups is 1. The van der Waals surface area contributed by atoms with Crippen molar-refractivity contribution in [1.82, 2.24) is 0 Å². The van der Waals surface area contributed by atoms with Gasteiger partial charge in [0.15, 0.2) is 23.0 Å². The molecule has 32 heavy (non-hydrogen) atoms. The minimum absolute atomic E-state index is 0.0127. The third-order valence-corrected chi connectivity index (χ3v) is 6.33. The lowest BCUT2D eigenvalue weighted by Gasteiger charge is -2.34. The van der Waals surface area contributed by atoms with Crippen LogP contribution in [0.3, 0.4) is 0 Å². The Morgan fingerprint density at radius 1 is 1.00 bits per heavy atom. The standard InChI is InChI=1S/C24H28O8/c1-11-7-14-8-16(26)21(27-4)23(28-5)18(14)19-15(20(12(11)2)32-13(3)25)9-17-22(24(19)29-6)31-10-30-17/h8-9,11-12,20,26H,7,10H2,1-6H3. The second-order valence-electron chi connectivity index (χ2n) is 8.17. The Balaban J connectivity index is 2.16. The van der Waals surface area contributed by atoms with Gasteiger partial charge in [0.2, 0.25) is 18.3 Å². The zero-order valence-corrected chi connectivity index (χ0v) is 19.1. The van der Waals surface area contributed by atoms with Crippen molar-refractivity contribution in [2.24, 2.45) is 11.8 Å². The molecule has 0 amide bonds. The maximum Gasteiger partial charge on any atom is 0.303 e. The first-order valence-electron chi connectivity index (χ1n) is 10.5. The zero-order valence-electron chi connectivity index (χ0n) is 19.1. The van der Waals surface area contributed by atoms with Gasteiger partial charge in [0.05, 0.1) is 21.3 Å². The van der Waals surface area contributed by atoms with Crippen LogP contribution in [-0.2, 0) is 16.0 Å². The minimum Gasteiger partial charge on any atom is -0.504 e. The van der Waals surface area contributed by atoms with Crippen LogP contribution in [0.5, 0.6) is 34.5 Å². The highest BCUT2D eigenvalue weighted by Crippen LogP contribution is 2.58. The average Bonchev–Trinajstić information content (AvgIpc) is 3.23. The third kappa shape index (κ3) is 3.34. The van der Waals surface area contributed by atoms with Crippen LogP contribution in [0.25, 0.3) is 11.1 Å². The topological polar surface area (TPSA) is 92.7 Å². The molecule has 1 N–H and O–H groups in total. The number of hydrogen-bond acceptors (Lipinski definition) is 8. The van der Waals surface area contributed by atoms with Crippen molar-refractivity contribution in [2.45, 2.75) is 33.3 Å². The Bertz CT molecular complexity index is 1060. The molecule has 172 valence electrons. The summed E-state index contributed by atoms with van der Waals surface area (Å²) in [6, 6.07) is 3.53. The summed E-state index contributed by atoms with van der Waals surface area (Å²) >= 11 is 0. The van der Waals surface area contributed by atoms with Crippen LogP contribution < -0.4 is 23.7 Å². The molecule has 1 heterocycles. The van der Waals surface area contributed by atoms with Crippen molar-refractivity contribution in [3.63, 3.8) is 0 Å². The maximum atomic E-state index is 12.1. The molecule has 3 unspecified atom stereocenters. The van der Waals surface area contributed by atoms with Gasteiger partial charge in [0, 0.05) is 29.5 Å². The highest BCUT2D eigenvalue weighted by atomic mass is 16.7. The van der Waals surface area contributed by atoms with E-state index in [1.165, 1.54) is 21.1 Å². The van der Waals surface area contributed by atoms with Gasteiger partial charge in [-0.2, -0.15) is 0 Å². The van der Waals surface area contributed by atoms with E-state index in [1.54, 1.807) is 13.2 Å². The Hall–Kier alpha value is -3.29. The molecular formula is C24H28O8. The first kappa shape index (κ1) is 21.9. The van der Waals surface area contributed by atoms with E-state index in [1.807, 2.05) is 13.0 Å². The van der Waals surface area contributed by atoms with E-state index in [2.05, 4.69) is 6.92 Å². The van der Waals surface area contributed by atoms with Gasteiger partial charge in [-0.25, -0.2) is 0 Å². The number of methoxy groups -OCH3 is 3. The van der Waals surface area contributed by atoms with Crippen LogP contribution in [-0.4, -0.2) is 39.2 Å². The number of phenols is 1. The molecule has 1 aliphatic heterocycles. The van der Waals surface area contributed by atoms with Crippen LogP contribution in [0.15, 0.2) is 12.1 Å². The lowest BCUT2D eigenvalue weighted by Crippen LogP contribution is -2.26. The van der Waals surface area contributed by atoms with Crippen LogP contribution in [0.2, 0.25) is 0 Å². The molecule has 0 radical (unpaired) electrons. The van der Waals surface area contributed by atoms with Gasteiger partial charge in [0.1, 0.15) is 6.10 Å². The number of carbonyl (C=O) groups is 1. The molecular weight excluding hydrogens is 416 g/mol. The van der Waals surface area contributed by atoms with Gasteiger partial charge >= 0.3 is 5.97 Å². The average molecular weight is 444 g/mol.